The van der Waals surface area contributed by atoms with Gasteiger partial charge in [-0.15, -0.1) is 0 Å². The predicted octanol–water partition coefficient (Wildman–Crippen LogP) is 1.74. The van der Waals surface area contributed by atoms with Crippen LogP contribution in [0.4, 0.5) is 11.6 Å². The second-order valence-corrected chi connectivity index (χ2v) is 5.31. The number of hydrogen-bond acceptors (Lipinski definition) is 5. The second kappa shape index (κ2) is 5.61. The van der Waals surface area contributed by atoms with E-state index in [4.69, 9.17) is 23.7 Å². The fraction of sp³-hybridized carbons (Fsp3) is 0.133. The maximum Gasteiger partial charge on any atom is 0.148 e. The van der Waals surface area contributed by atoms with E-state index in [1.54, 1.807) is 7.05 Å². The Labute approximate surface area is 133 Å². The largest absolute Gasteiger partial charge is 0.389 e. The summed E-state index contributed by atoms with van der Waals surface area (Å²) in [7, 11) is 1.79. The van der Waals surface area contributed by atoms with Crippen molar-refractivity contribution in [3.8, 4) is 0 Å². The van der Waals surface area contributed by atoms with Crippen molar-refractivity contribution in [2.45, 2.75) is 6.54 Å². The molecule has 0 spiro atoms. The van der Waals surface area contributed by atoms with E-state index < -0.39 is 0 Å². The Morgan fingerprint density at radius 2 is 2.00 bits per heavy atom. The molecule has 0 saturated heterocycles. The van der Waals surface area contributed by atoms with Crippen molar-refractivity contribution in [1.82, 2.24) is 14.5 Å². The summed E-state index contributed by atoms with van der Waals surface area (Å²) in [4.78, 5) is 8.83. The molecule has 0 aliphatic heterocycles. The van der Waals surface area contributed by atoms with Gasteiger partial charge in [-0.2, -0.15) is 0 Å². The van der Waals surface area contributed by atoms with Crippen LogP contribution in [0.5, 0.6) is 0 Å². The first kappa shape index (κ1) is 14.3. The molecule has 0 bridgehead atoms. The van der Waals surface area contributed by atoms with Crippen LogP contribution < -0.4 is 16.8 Å². The SMILES string of the molecule is CNc1ncnc2c1c(C(N)=S)c(N)n2Cc1ccccc1. The zero-order valence-electron chi connectivity index (χ0n) is 12.1. The highest BCUT2D eigenvalue weighted by Crippen LogP contribution is 2.31. The van der Waals surface area contributed by atoms with Crippen LogP contribution in [0.25, 0.3) is 11.0 Å². The van der Waals surface area contributed by atoms with Crippen LogP contribution in [0, 0.1) is 0 Å². The Morgan fingerprint density at radius 3 is 2.64 bits per heavy atom. The van der Waals surface area contributed by atoms with E-state index in [2.05, 4.69) is 15.3 Å². The van der Waals surface area contributed by atoms with Gasteiger partial charge in [0.15, 0.2) is 0 Å². The van der Waals surface area contributed by atoms with Crippen LogP contribution in [0.2, 0.25) is 0 Å². The maximum atomic E-state index is 6.29. The van der Waals surface area contributed by atoms with Gasteiger partial charge in [-0.25, -0.2) is 9.97 Å². The molecule has 7 heteroatoms. The number of rotatable bonds is 4. The zero-order chi connectivity index (χ0) is 15.7. The highest BCUT2D eigenvalue weighted by molar-refractivity contribution is 7.80. The number of aromatic nitrogens is 3. The standard InChI is InChI=1S/C15H16N6S/c1-18-14-11-10(13(17)22)12(16)21(15(11)20-8-19-14)7-9-5-3-2-4-6-9/h2-6,8H,7,16H2,1H3,(H2,17,22)(H,18,19,20). The lowest BCUT2D eigenvalue weighted by atomic mass is 10.2. The first-order chi connectivity index (χ1) is 10.6. The summed E-state index contributed by atoms with van der Waals surface area (Å²) in [5.41, 5.74) is 14.6. The quantitative estimate of drug-likeness (QED) is 0.635. The lowest BCUT2D eigenvalue weighted by molar-refractivity contribution is 0.834. The summed E-state index contributed by atoms with van der Waals surface area (Å²) in [6.07, 6.45) is 1.50. The molecular formula is C15H16N6S. The lowest BCUT2D eigenvalue weighted by Crippen LogP contribution is -2.13. The van der Waals surface area contributed by atoms with Crippen LogP contribution in [-0.2, 0) is 6.54 Å². The number of nitrogens with one attached hydrogen (secondary N) is 1. The van der Waals surface area contributed by atoms with E-state index in [0.717, 1.165) is 10.9 Å². The molecule has 2 heterocycles. The highest BCUT2D eigenvalue weighted by Gasteiger charge is 2.21. The normalized spacial score (nSPS) is 10.8. The number of anilines is 2. The minimum atomic E-state index is 0.237. The number of nitrogens with zero attached hydrogens (tertiary/aromatic N) is 3. The van der Waals surface area contributed by atoms with Crippen molar-refractivity contribution in [2.24, 2.45) is 5.73 Å². The molecule has 0 atom stereocenters. The van der Waals surface area contributed by atoms with E-state index >= 15 is 0 Å². The van der Waals surface area contributed by atoms with Crippen molar-refractivity contribution in [3.05, 3.63) is 47.8 Å². The van der Waals surface area contributed by atoms with Crippen molar-refractivity contribution in [1.29, 1.82) is 0 Å². The lowest BCUT2D eigenvalue weighted by Gasteiger charge is -2.07. The van der Waals surface area contributed by atoms with Crippen molar-refractivity contribution in [3.63, 3.8) is 0 Å². The molecule has 3 aromatic rings. The van der Waals surface area contributed by atoms with E-state index in [1.165, 1.54) is 6.33 Å². The van der Waals surface area contributed by atoms with E-state index in [0.29, 0.717) is 29.4 Å². The van der Waals surface area contributed by atoms with Gasteiger partial charge in [0, 0.05) is 7.05 Å². The number of nitrogen functional groups attached to an aromatic ring is 1. The van der Waals surface area contributed by atoms with Crippen molar-refractivity contribution >= 4 is 39.9 Å². The van der Waals surface area contributed by atoms with Gasteiger partial charge >= 0.3 is 0 Å². The van der Waals surface area contributed by atoms with Crippen LogP contribution in [0.3, 0.4) is 0 Å². The molecule has 112 valence electrons. The molecule has 1 aromatic carbocycles. The summed E-state index contributed by atoms with van der Waals surface area (Å²) < 4.78 is 1.90. The molecule has 5 N–H and O–H groups in total. The number of fused-ring (bicyclic) bond motifs is 1. The van der Waals surface area contributed by atoms with E-state index in [1.807, 2.05) is 34.9 Å². The topological polar surface area (TPSA) is 94.8 Å². The van der Waals surface area contributed by atoms with Gasteiger partial charge in [0.1, 0.15) is 28.6 Å². The number of benzene rings is 1. The zero-order valence-corrected chi connectivity index (χ0v) is 12.9. The first-order valence-corrected chi connectivity index (χ1v) is 7.18. The third-order valence-corrected chi connectivity index (χ3v) is 3.75. The Balaban J connectivity index is 2.27. The first-order valence-electron chi connectivity index (χ1n) is 6.77. The van der Waals surface area contributed by atoms with Gasteiger partial charge in [0.2, 0.25) is 0 Å². The van der Waals surface area contributed by atoms with Crippen LogP contribution in [0.1, 0.15) is 11.1 Å². The van der Waals surface area contributed by atoms with E-state index in [9.17, 15) is 0 Å². The van der Waals surface area contributed by atoms with Crippen LogP contribution in [0.15, 0.2) is 36.7 Å². The molecule has 22 heavy (non-hydrogen) atoms. The van der Waals surface area contributed by atoms with Gasteiger partial charge in [-0.3, -0.25) is 0 Å². The van der Waals surface area contributed by atoms with Crippen molar-refractivity contribution in [2.75, 3.05) is 18.1 Å². The molecule has 0 amide bonds. The van der Waals surface area contributed by atoms with Crippen LogP contribution >= 0.6 is 12.2 Å². The highest BCUT2D eigenvalue weighted by atomic mass is 32.1. The average Bonchev–Trinajstić information content (AvgIpc) is 2.81. The Bertz CT molecular complexity index is 840. The number of hydrogen-bond donors (Lipinski definition) is 3. The molecule has 6 nitrogen and oxygen atoms in total. The molecule has 2 aromatic heterocycles. The molecule has 0 saturated carbocycles. The van der Waals surface area contributed by atoms with Gasteiger partial charge in [0.05, 0.1) is 17.5 Å². The fourth-order valence-electron chi connectivity index (χ4n) is 2.55. The number of nitrogens with two attached hydrogens (primary N) is 2. The maximum absolute atomic E-state index is 6.29. The molecular weight excluding hydrogens is 296 g/mol. The molecule has 0 fully saturated rings. The third kappa shape index (κ3) is 2.25. The summed E-state index contributed by atoms with van der Waals surface area (Å²) in [5, 5.41) is 3.79. The monoisotopic (exact) mass is 312 g/mol. The van der Waals surface area contributed by atoms with Crippen molar-refractivity contribution < 1.29 is 0 Å². The Hall–Kier alpha value is -2.67. The molecule has 0 aliphatic rings. The smallest absolute Gasteiger partial charge is 0.148 e. The minimum absolute atomic E-state index is 0.237. The second-order valence-electron chi connectivity index (χ2n) is 4.87. The Kier molecular flexibility index (Phi) is 3.64. The molecule has 3 rings (SSSR count). The summed E-state index contributed by atoms with van der Waals surface area (Å²) in [6.45, 7) is 0.589. The van der Waals surface area contributed by atoms with Gasteiger partial charge < -0.3 is 21.4 Å². The predicted molar refractivity (Wildman–Crippen MR) is 92.9 cm³/mol. The molecule has 0 aliphatic carbocycles. The molecule has 0 unspecified atom stereocenters. The molecule has 0 radical (unpaired) electrons. The van der Waals surface area contributed by atoms with Gasteiger partial charge in [-0.1, -0.05) is 42.5 Å². The number of thiocarbonyl (C=S) groups is 1. The van der Waals surface area contributed by atoms with Gasteiger partial charge in [-0.05, 0) is 5.56 Å². The third-order valence-electron chi connectivity index (χ3n) is 3.55. The summed E-state index contributed by atoms with van der Waals surface area (Å²) in [5.74, 6) is 1.16. The van der Waals surface area contributed by atoms with Gasteiger partial charge in [0.25, 0.3) is 0 Å². The summed E-state index contributed by atoms with van der Waals surface area (Å²) >= 11 is 5.16. The van der Waals surface area contributed by atoms with Crippen LogP contribution in [-0.4, -0.2) is 26.6 Å². The average molecular weight is 312 g/mol. The fourth-order valence-corrected chi connectivity index (χ4v) is 2.76. The minimum Gasteiger partial charge on any atom is -0.389 e. The summed E-state index contributed by atoms with van der Waals surface area (Å²) in [6, 6.07) is 10.0. The van der Waals surface area contributed by atoms with E-state index in [-0.39, 0.29) is 4.99 Å². The Morgan fingerprint density at radius 1 is 1.27 bits per heavy atom.